The average Bonchev–Trinajstić information content (AvgIpc) is 2.62. The summed E-state index contributed by atoms with van der Waals surface area (Å²) in [5, 5.41) is 21.7. The van der Waals surface area contributed by atoms with Gasteiger partial charge < -0.3 is 10.2 Å². The molecule has 98 valence electrons. The molecule has 0 aliphatic heterocycles. The molecule has 0 radical (unpaired) electrons. The first kappa shape index (κ1) is 12.0. The van der Waals surface area contributed by atoms with Crippen molar-refractivity contribution in [3.05, 3.63) is 0 Å². The largest absolute Gasteiger partial charge is 0.387 e. The Morgan fingerprint density at radius 1 is 0.941 bits per heavy atom. The van der Waals surface area contributed by atoms with Crippen molar-refractivity contribution >= 4 is 0 Å². The monoisotopic (exact) mass is 238 g/mol. The highest BCUT2D eigenvalue weighted by Crippen LogP contribution is 2.72. The van der Waals surface area contributed by atoms with Gasteiger partial charge in [-0.2, -0.15) is 0 Å². The second-order valence-corrected chi connectivity index (χ2v) is 7.73. The minimum absolute atomic E-state index is 0.306. The molecule has 0 amide bonds. The molecule has 0 bridgehead atoms. The molecule has 3 aliphatic rings. The maximum atomic E-state index is 11.1. The molecule has 0 saturated heterocycles. The van der Waals surface area contributed by atoms with Crippen LogP contribution in [0, 0.1) is 29.1 Å². The molecule has 3 fully saturated rings. The van der Waals surface area contributed by atoms with E-state index in [1.165, 1.54) is 0 Å². The van der Waals surface area contributed by atoms with Crippen LogP contribution in [-0.4, -0.2) is 21.4 Å². The van der Waals surface area contributed by atoms with Crippen LogP contribution >= 0.6 is 0 Å². The van der Waals surface area contributed by atoms with Gasteiger partial charge in [-0.3, -0.25) is 0 Å². The Balaban J connectivity index is 2.03. The second kappa shape index (κ2) is 3.08. The lowest BCUT2D eigenvalue weighted by molar-refractivity contribution is -0.170. The van der Waals surface area contributed by atoms with Gasteiger partial charge in [0, 0.05) is 0 Å². The van der Waals surface area contributed by atoms with Crippen LogP contribution in [0.4, 0.5) is 0 Å². The third-order valence-electron chi connectivity index (χ3n) is 6.55. The molecule has 3 aliphatic carbocycles. The minimum Gasteiger partial charge on any atom is -0.387 e. The molecule has 17 heavy (non-hydrogen) atoms. The van der Waals surface area contributed by atoms with E-state index >= 15 is 0 Å². The van der Waals surface area contributed by atoms with Crippen LogP contribution in [0.5, 0.6) is 0 Å². The maximum Gasteiger partial charge on any atom is 0.0964 e. The predicted molar refractivity (Wildman–Crippen MR) is 67.5 cm³/mol. The fourth-order valence-corrected chi connectivity index (χ4v) is 5.25. The molecule has 6 atom stereocenters. The Morgan fingerprint density at radius 3 is 2.24 bits per heavy atom. The number of hydrogen-bond donors (Lipinski definition) is 2. The lowest BCUT2D eigenvalue weighted by Crippen LogP contribution is -2.55. The van der Waals surface area contributed by atoms with Gasteiger partial charge in [0.2, 0.25) is 0 Å². The molecule has 0 heterocycles. The second-order valence-electron chi connectivity index (χ2n) is 7.73. The van der Waals surface area contributed by atoms with E-state index in [1.54, 1.807) is 0 Å². The minimum atomic E-state index is -0.883. The summed E-state index contributed by atoms with van der Waals surface area (Å²) in [6.45, 7) is 8.80. The Bertz CT molecular complexity index is 347. The summed E-state index contributed by atoms with van der Waals surface area (Å²) in [5.74, 6) is 2.20. The van der Waals surface area contributed by atoms with E-state index < -0.39 is 11.2 Å². The number of fused-ring (bicyclic) bond motifs is 3. The van der Waals surface area contributed by atoms with Gasteiger partial charge in [-0.05, 0) is 61.7 Å². The number of hydrogen-bond acceptors (Lipinski definition) is 2. The zero-order valence-corrected chi connectivity index (χ0v) is 11.5. The lowest BCUT2D eigenvalue weighted by Gasteiger charge is -2.43. The molecule has 2 N–H and O–H groups in total. The highest BCUT2D eigenvalue weighted by Gasteiger charge is 2.71. The topological polar surface area (TPSA) is 40.5 Å². The normalized spacial score (nSPS) is 60.4. The van der Waals surface area contributed by atoms with Crippen LogP contribution in [-0.2, 0) is 0 Å². The van der Waals surface area contributed by atoms with Crippen LogP contribution in [0.15, 0.2) is 0 Å². The molecule has 3 rings (SSSR count). The van der Waals surface area contributed by atoms with Gasteiger partial charge in [0.15, 0.2) is 0 Å². The van der Waals surface area contributed by atoms with Crippen LogP contribution < -0.4 is 0 Å². The van der Waals surface area contributed by atoms with Gasteiger partial charge >= 0.3 is 0 Å². The standard InChI is InChI=1S/C15H26O2/c1-9-5-8-15(17)11(9)12-10(13(12,2)3)6-7-14(15,4)16/h9-12,16-17H,5-8H2,1-4H3/t9-,10-,11+,12-,14+,15-/m1/s1. The molecular formula is C15H26O2. The molecule has 0 aromatic carbocycles. The summed E-state index contributed by atoms with van der Waals surface area (Å²) in [7, 11) is 0. The van der Waals surface area contributed by atoms with Gasteiger partial charge in [-0.1, -0.05) is 20.8 Å². The smallest absolute Gasteiger partial charge is 0.0964 e. The van der Waals surface area contributed by atoms with Crippen molar-refractivity contribution in [3.8, 4) is 0 Å². The highest BCUT2D eigenvalue weighted by atomic mass is 16.4. The Kier molecular flexibility index (Phi) is 2.17. The van der Waals surface area contributed by atoms with E-state index in [-0.39, 0.29) is 0 Å². The summed E-state index contributed by atoms with van der Waals surface area (Å²) >= 11 is 0. The van der Waals surface area contributed by atoms with Gasteiger partial charge in [-0.15, -0.1) is 0 Å². The summed E-state index contributed by atoms with van der Waals surface area (Å²) in [6.07, 6.45) is 3.69. The Morgan fingerprint density at radius 2 is 1.59 bits per heavy atom. The number of aliphatic hydroxyl groups is 2. The zero-order valence-electron chi connectivity index (χ0n) is 11.5. The van der Waals surface area contributed by atoms with E-state index in [1.807, 2.05) is 6.92 Å². The van der Waals surface area contributed by atoms with Gasteiger partial charge in [-0.25, -0.2) is 0 Å². The maximum absolute atomic E-state index is 11.1. The first-order chi connectivity index (χ1) is 7.72. The van der Waals surface area contributed by atoms with Crippen molar-refractivity contribution in [2.75, 3.05) is 0 Å². The van der Waals surface area contributed by atoms with Crippen molar-refractivity contribution in [3.63, 3.8) is 0 Å². The molecule has 0 aromatic rings. The van der Waals surface area contributed by atoms with Crippen molar-refractivity contribution in [1.29, 1.82) is 0 Å². The first-order valence-corrected chi connectivity index (χ1v) is 7.16. The van der Waals surface area contributed by atoms with Gasteiger partial charge in [0.05, 0.1) is 11.2 Å². The third kappa shape index (κ3) is 1.29. The molecule has 2 nitrogen and oxygen atoms in total. The lowest BCUT2D eigenvalue weighted by atomic mass is 9.71. The SMILES string of the molecule is C[C@@H]1CC[C@@]2(O)[C@@H]1[C@H]1[C@@H](CC[C@]2(C)O)C1(C)C. The number of rotatable bonds is 0. The van der Waals surface area contributed by atoms with E-state index in [2.05, 4.69) is 20.8 Å². The van der Waals surface area contributed by atoms with Crippen LogP contribution in [0.25, 0.3) is 0 Å². The molecular weight excluding hydrogens is 212 g/mol. The molecule has 0 aromatic heterocycles. The molecule has 0 unspecified atom stereocenters. The first-order valence-electron chi connectivity index (χ1n) is 7.16. The van der Waals surface area contributed by atoms with Crippen LogP contribution in [0.3, 0.4) is 0 Å². The Hall–Kier alpha value is -0.0800. The summed E-state index contributed by atoms with van der Waals surface area (Å²) in [6, 6.07) is 0. The molecule has 2 heteroatoms. The quantitative estimate of drug-likeness (QED) is 0.681. The van der Waals surface area contributed by atoms with E-state index in [0.717, 1.165) is 25.7 Å². The fourth-order valence-electron chi connectivity index (χ4n) is 5.25. The van der Waals surface area contributed by atoms with Crippen LogP contribution in [0.2, 0.25) is 0 Å². The van der Waals surface area contributed by atoms with Gasteiger partial charge in [0.25, 0.3) is 0 Å². The zero-order chi connectivity index (χ0) is 12.6. The van der Waals surface area contributed by atoms with E-state index in [9.17, 15) is 10.2 Å². The molecule has 0 spiro atoms. The van der Waals surface area contributed by atoms with E-state index in [0.29, 0.717) is 29.1 Å². The van der Waals surface area contributed by atoms with Crippen molar-refractivity contribution in [1.82, 2.24) is 0 Å². The molecule has 3 saturated carbocycles. The van der Waals surface area contributed by atoms with Crippen molar-refractivity contribution in [2.45, 2.75) is 64.6 Å². The third-order valence-corrected chi connectivity index (χ3v) is 6.55. The summed E-state index contributed by atoms with van der Waals surface area (Å²) < 4.78 is 0. The van der Waals surface area contributed by atoms with Crippen LogP contribution in [0.1, 0.15) is 53.4 Å². The Labute approximate surface area is 104 Å². The predicted octanol–water partition coefficient (Wildman–Crippen LogP) is 2.58. The summed E-state index contributed by atoms with van der Waals surface area (Å²) in [5.41, 5.74) is -1.33. The fraction of sp³-hybridized carbons (Fsp3) is 1.00. The van der Waals surface area contributed by atoms with E-state index in [4.69, 9.17) is 0 Å². The highest BCUT2D eigenvalue weighted by molar-refractivity contribution is 5.20. The van der Waals surface area contributed by atoms with Crippen molar-refractivity contribution in [2.24, 2.45) is 29.1 Å². The summed E-state index contributed by atoms with van der Waals surface area (Å²) in [4.78, 5) is 0. The van der Waals surface area contributed by atoms with Gasteiger partial charge in [0.1, 0.15) is 0 Å². The average molecular weight is 238 g/mol. The van der Waals surface area contributed by atoms with Crippen molar-refractivity contribution < 1.29 is 10.2 Å².